The molecule has 1 aromatic rings. The van der Waals surface area contributed by atoms with E-state index in [4.69, 9.17) is 18.9 Å². The minimum absolute atomic E-state index is 0.0332. The second-order valence-electron chi connectivity index (χ2n) is 6.14. The zero-order valence-electron chi connectivity index (χ0n) is 15.0. The van der Waals surface area contributed by atoms with Gasteiger partial charge in [0.15, 0.2) is 6.10 Å². The minimum atomic E-state index is -1.39. The molecule has 0 spiro atoms. The third-order valence-corrected chi connectivity index (χ3v) is 4.04. The van der Waals surface area contributed by atoms with Crippen molar-refractivity contribution in [2.24, 2.45) is 0 Å². The van der Waals surface area contributed by atoms with Crippen molar-refractivity contribution in [3.8, 4) is 11.5 Å². The number of esters is 1. The SMILES string of the molecule is COc1ccc(O[C@H]2O[C@H](C)[C@H](O)[C@H](O)[C@H]2OC(=O)CCC(C)=O)cc1. The maximum atomic E-state index is 11.9. The van der Waals surface area contributed by atoms with Gasteiger partial charge < -0.3 is 34.0 Å². The number of Topliss-reactive ketones (excluding diaryl/α,β-unsaturated/α-hetero) is 1. The van der Waals surface area contributed by atoms with Crippen molar-refractivity contribution in [3.63, 3.8) is 0 Å². The number of hydrogen-bond donors (Lipinski definition) is 2. The van der Waals surface area contributed by atoms with E-state index in [2.05, 4.69) is 0 Å². The summed E-state index contributed by atoms with van der Waals surface area (Å²) >= 11 is 0. The van der Waals surface area contributed by atoms with Crippen LogP contribution in [0.2, 0.25) is 0 Å². The summed E-state index contributed by atoms with van der Waals surface area (Å²) in [6.07, 6.45) is -5.79. The molecule has 144 valence electrons. The van der Waals surface area contributed by atoms with E-state index in [0.29, 0.717) is 11.5 Å². The second-order valence-corrected chi connectivity index (χ2v) is 6.14. The van der Waals surface area contributed by atoms with Gasteiger partial charge in [0.05, 0.1) is 19.6 Å². The van der Waals surface area contributed by atoms with Crippen molar-refractivity contribution in [2.75, 3.05) is 7.11 Å². The molecule has 0 bridgehead atoms. The zero-order valence-corrected chi connectivity index (χ0v) is 15.0. The molecular weight excluding hydrogens is 344 g/mol. The molecule has 0 amide bonds. The number of ketones is 1. The first-order valence-electron chi connectivity index (χ1n) is 8.33. The number of ether oxygens (including phenoxy) is 4. The van der Waals surface area contributed by atoms with Gasteiger partial charge in [-0.1, -0.05) is 0 Å². The highest BCUT2D eigenvalue weighted by molar-refractivity contribution is 5.81. The van der Waals surface area contributed by atoms with Crippen LogP contribution in [0.3, 0.4) is 0 Å². The molecule has 1 saturated heterocycles. The molecule has 1 aromatic carbocycles. The summed E-state index contributed by atoms with van der Waals surface area (Å²) in [5.41, 5.74) is 0. The molecule has 0 unspecified atom stereocenters. The van der Waals surface area contributed by atoms with Crippen LogP contribution in [0.15, 0.2) is 24.3 Å². The Morgan fingerprint density at radius 3 is 2.27 bits per heavy atom. The van der Waals surface area contributed by atoms with Crippen molar-refractivity contribution < 1.29 is 38.7 Å². The first-order chi connectivity index (χ1) is 12.3. The molecule has 2 rings (SSSR count). The lowest BCUT2D eigenvalue weighted by atomic mass is 9.99. The fraction of sp³-hybridized carbons (Fsp3) is 0.556. The van der Waals surface area contributed by atoms with Gasteiger partial charge >= 0.3 is 5.97 Å². The van der Waals surface area contributed by atoms with E-state index < -0.39 is 36.7 Å². The van der Waals surface area contributed by atoms with E-state index in [-0.39, 0.29) is 18.6 Å². The molecule has 1 aliphatic rings. The van der Waals surface area contributed by atoms with Gasteiger partial charge in [-0.2, -0.15) is 0 Å². The van der Waals surface area contributed by atoms with Gasteiger partial charge in [-0.15, -0.1) is 0 Å². The molecule has 0 saturated carbocycles. The van der Waals surface area contributed by atoms with Crippen LogP contribution in [0.25, 0.3) is 0 Å². The highest BCUT2D eigenvalue weighted by atomic mass is 16.7. The van der Waals surface area contributed by atoms with E-state index in [0.717, 1.165) is 0 Å². The first kappa shape index (κ1) is 20.2. The minimum Gasteiger partial charge on any atom is -0.497 e. The fourth-order valence-electron chi connectivity index (χ4n) is 2.50. The summed E-state index contributed by atoms with van der Waals surface area (Å²) in [5.74, 6) is 0.217. The Kier molecular flexibility index (Phi) is 6.96. The van der Waals surface area contributed by atoms with E-state index >= 15 is 0 Å². The number of carbonyl (C=O) groups is 2. The molecule has 8 nitrogen and oxygen atoms in total. The molecular formula is C18H24O8. The van der Waals surface area contributed by atoms with E-state index in [1.807, 2.05) is 0 Å². The number of aliphatic hydroxyl groups is 2. The predicted molar refractivity (Wildman–Crippen MR) is 89.8 cm³/mol. The average Bonchev–Trinajstić information content (AvgIpc) is 2.62. The molecule has 0 aliphatic carbocycles. The van der Waals surface area contributed by atoms with Crippen molar-refractivity contribution in [1.82, 2.24) is 0 Å². The van der Waals surface area contributed by atoms with E-state index in [9.17, 15) is 19.8 Å². The molecule has 0 aromatic heterocycles. The summed E-state index contributed by atoms with van der Waals surface area (Å²) in [6.45, 7) is 2.94. The van der Waals surface area contributed by atoms with Crippen molar-refractivity contribution in [1.29, 1.82) is 0 Å². The summed E-state index contributed by atoms with van der Waals surface area (Å²) in [6, 6.07) is 6.64. The fourth-order valence-corrected chi connectivity index (χ4v) is 2.50. The largest absolute Gasteiger partial charge is 0.497 e. The van der Waals surface area contributed by atoms with Crippen LogP contribution < -0.4 is 9.47 Å². The van der Waals surface area contributed by atoms with Gasteiger partial charge in [0, 0.05) is 6.42 Å². The molecule has 1 fully saturated rings. The Labute approximate surface area is 151 Å². The van der Waals surface area contributed by atoms with Gasteiger partial charge in [-0.05, 0) is 38.1 Å². The molecule has 5 atom stereocenters. The maximum absolute atomic E-state index is 11.9. The summed E-state index contributed by atoms with van der Waals surface area (Å²) in [4.78, 5) is 22.9. The van der Waals surface area contributed by atoms with Crippen LogP contribution in [0.1, 0.15) is 26.7 Å². The Bertz CT molecular complexity index is 614. The molecule has 8 heteroatoms. The topological polar surface area (TPSA) is 112 Å². The quantitative estimate of drug-likeness (QED) is 0.681. The molecule has 26 heavy (non-hydrogen) atoms. The highest BCUT2D eigenvalue weighted by Crippen LogP contribution is 2.27. The second kappa shape index (κ2) is 8.98. The Morgan fingerprint density at radius 1 is 1.08 bits per heavy atom. The van der Waals surface area contributed by atoms with Crippen LogP contribution in [-0.2, 0) is 19.1 Å². The van der Waals surface area contributed by atoms with Crippen molar-refractivity contribution >= 4 is 11.8 Å². The summed E-state index contributed by atoms with van der Waals surface area (Å²) in [7, 11) is 1.54. The van der Waals surface area contributed by atoms with Gasteiger partial charge in [-0.3, -0.25) is 4.79 Å². The van der Waals surface area contributed by atoms with Crippen LogP contribution in [0, 0.1) is 0 Å². The number of benzene rings is 1. The predicted octanol–water partition coefficient (Wildman–Crippen LogP) is 0.822. The van der Waals surface area contributed by atoms with Crippen LogP contribution in [0.4, 0.5) is 0 Å². The zero-order chi connectivity index (χ0) is 19.3. The van der Waals surface area contributed by atoms with Gasteiger partial charge in [-0.25, -0.2) is 0 Å². The van der Waals surface area contributed by atoms with Gasteiger partial charge in [0.25, 0.3) is 0 Å². The maximum Gasteiger partial charge on any atom is 0.306 e. The lowest BCUT2D eigenvalue weighted by molar-refractivity contribution is -0.274. The Morgan fingerprint density at radius 2 is 1.69 bits per heavy atom. The van der Waals surface area contributed by atoms with Crippen LogP contribution >= 0.6 is 0 Å². The third kappa shape index (κ3) is 5.17. The number of rotatable bonds is 7. The number of hydrogen-bond acceptors (Lipinski definition) is 8. The van der Waals surface area contributed by atoms with Crippen LogP contribution in [0.5, 0.6) is 11.5 Å². The number of carbonyl (C=O) groups excluding carboxylic acids is 2. The average molecular weight is 368 g/mol. The lowest BCUT2D eigenvalue weighted by Gasteiger charge is -2.40. The van der Waals surface area contributed by atoms with Gasteiger partial charge in [0.1, 0.15) is 29.5 Å². The third-order valence-electron chi connectivity index (χ3n) is 4.04. The van der Waals surface area contributed by atoms with Crippen molar-refractivity contribution in [2.45, 2.75) is 57.4 Å². The van der Waals surface area contributed by atoms with Crippen LogP contribution in [-0.4, -0.2) is 59.8 Å². The monoisotopic (exact) mass is 368 g/mol. The standard InChI is InChI=1S/C18H24O8/c1-10(19)4-9-14(20)26-17-16(22)15(21)11(2)24-18(17)25-13-7-5-12(23-3)6-8-13/h5-8,11,15-18,21-22H,4,9H2,1-3H3/t11-,15+,16+,17-,18-/m1/s1. The van der Waals surface area contributed by atoms with E-state index in [1.54, 1.807) is 31.2 Å². The van der Waals surface area contributed by atoms with Gasteiger partial charge in [0.2, 0.25) is 6.29 Å². The Hall–Kier alpha value is -2.16. The summed E-state index contributed by atoms with van der Waals surface area (Å²) in [5, 5.41) is 20.3. The highest BCUT2D eigenvalue weighted by Gasteiger charge is 2.46. The normalized spacial score (nSPS) is 28.3. The van der Waals surface area contributed by atoms with E-state index in [1.165, 1.54) is 14.0 Å². The summed E-state index contributed by atoms with van der Waals surface area (Å²) < 4.78 is 21.5. The lowest BCUT2D eigenvalue weighted by Crippen LogP contribution is -2.59. The molecule has 1 aliphatic heterocycles. The molecule has 0 radical (unpaired) electrons. The van der Waals surface area contributed by atoms with Crippen molar-refractivity contribution in [3.05, 3.63) is 24.3 Å². The molecule has 1 heterocycles. The number of aliphatic hydroxyl groups excluding tert-OH is 2. The molecule has 2 N–H and O–H groups in total. The smallest absolute Gasteiger partial charge is 0.306 e. The number of methoxy groups -OCH3 is 1. The first-order valence-corrected chi connectivity index (χ1v) is 8.33. The Balaban J connectivity index is 2.10.